The molecule has 1 aromatic rings. The number of aromatic nitrogens is 1. The van der Waals surface area contributed by atoms with Crippen molar-refractivity contribution in [2.45, 2.75) is 25.7 Å². The topological polar surface area (TPSA) is 38.1 Å². The number of hydrogen-bond acceptors (Lipinski definition) is 3. The van der Waals surface area contributed by atoms with Gasteiger partial charge in [0, 0.05) is 6.42 Å². The molecule has 1 saturated heterocycles. The van der Waals surface area contributed by atoms with E-state index in [2.05, 4.69) is 10.3 Å². The fourth-order valence-corrected chi connectivity index (χ4v) is 1.86. The molecule has 84 valence electrons. The van der Waals surface area contributed by atoms with Gasteiger partial charge in [-0.1, -0.05) is 0 Å². The molecule has 2 rings (SSSR count). The number of oxazole rings is 1. The van der Waals surface area contributed by atoms with Gasteiger partial charge in [-0.15, -0.1) is 0 Å². The van der Waals surface area contributed by atoms with E-state index in [1.54, 1.807) is 0 Å². The van der Waals surface area contributed by atoms with E-state index >= 15 is 0 Å². The number of hydrogen-bond donors (Lipinski definition) is 1. The van der Waals surface area contributed by atoms with Gasteiger partial charge in [-0.25, -0.2) is 13.8 Å². The summed E-state index contributed by atoms with van der Waals surface area (Å²) < 4.78 is 29.5. The third-order valence-electron chi connectivity index (χ3n) is 2.66. The van der Waals surface area contributed by atoms with Gasteiger partial charge in [-0.2, -0.15) is 0 Å². The molecule has 0 aromatic carbocycles. The van der Waals surface area contributed by atoms with Gasteiger partial charge in [0.15, 0.2) is 5.89 Å². The molecule has 5 heteroatoms. The molecule has 2 heterocycles. The highest BCUT2D eigenvalue weighted by molar-refractivity contribution is 4.98. The van der Waals surface area contributed by atoms with Gasteiger partial charge in [0.25, 0.3) is 6.43 Å². The van der Waals surface area contributed by atoms with Gasteiger partial charge in [-0.05, 0) is 31.8 Å². The minimum absolute atomic E-state index is 0.256. The van der Waals surface area contributed by atoms with E-state index in [0.29, 0.717) is 18.2 Å². The summed E-state index contributed by atoms with van der Waals surface area (Å²) in [4.78, 5) is 3.76. The Kier molecular flexibility index (Phi) is 3.30. The maximum Gasteiger partial charge on any atom is 0.283 e. The average molecular weight is 216 g/mol. The Morgan fingerprint density at radius 1 is 1.60 bits per heavy atom. The van der Waals surface area contributed by atoms with Crippen LogP contribution in [0.25, 0.3) is 0 Å². The summed E-state index contributed by atoms with van der Waals surface area (Å²) in [6.45, 7) is 1.97. The predicted molar refractivity (Wildman–Crippen MR) is 50.8 cm³/mol. The van der Waals surface area contributed by atoms with Gasteiger partial charge in [0.05, 0.1) is 0 Å². The second-order valence-corrected chi connectivity index (χ2v) is 3.88. The Labute approximate surface area is 86.9 Å². The van der Waals surface area contributed by atoms with Crippen LogP contribution in [0.5, 0.6) is 0 Å². The summed E-state index contributed by atoms with van der Waals surface area (Å²) in [5.74, 6) is 0.891. The maximum absolute atomic E-state index is 12.2. The first kappa shape index (κ1) is 10.5. The minimum Gasteiger partial charge on any atom is -0.448 e. The Balaban J connectivity index is 1.91. The van der Waals surface area contributed by atoms with E-state index in [9.17, 15) is 8.78 Å². The van der Waals surface area contributed by atoms with Crippen LogP contribution in [0, 0.1) is 5.92 Å². The fourth-order valence-electron chi connectivity index (χ4n) is 1.86. The average Bonchev–Trinajstić information content (AvgIpc) is 2.68. The molecule has 0 amide bonds. The van der Waals surface area contributed by atoms with E-state index in [1.165, 1.54) is 0 Å². The lowest BCUT2D eigenvalue weighted by Gasteiger charge is -2.21. The second kappa shape index (κ2) is 4.70. The molecule has 1 N–H and O–H groups in total. The molecule has 1 atom stereocenters. The normalized spacial score (nSPS) is 22.2. The molecule has 0 radical (unpaired) electrons. The molecule has 0 saturated carbocycles. The monoisotopic (exact) mass is 216 g/mol. The largest absolute Gasteiger partial charge is 0.448 e. The first-order valence-electron chi connectivity index (χ1n) is 5.19. The number of piperidine rings is 1. The lowest BCUT2D eigenvalue weighted by molar-refractivity contribution is 0.146. The van der Waals surface area contributed by atoms with E-state index < -0.39 is 6.43 Å². The van der Waals surface area contributed by atoms with Crippen LogP contribution < -0.4 is 5.32 Å². The van der Waals surface area contributed by atoms with Crippen LogP contribution >= 0.6 is 0 Å². The van der Waals surface area contributed by atoms with Crippen molar-refractivity contribution < 1.29 is 13.2 Å². The van der Waals surface area contributed by atoms with Crippen molar-refractivity contribution in [1.82, 2.24) is 10.3 Å². The van der Waals surface area contributed by atoms with Crippen molar-refractivity contribution in [1.29, 1.82) is 0 Å². The quantitative estimate of drug-likeness (QED) is 0.841. The molecular formula is C10H14F2N2O. The molecule has 0 aliphatic carbocycles. The number of halogens is 2. The number of nitrogens with one attached hydrogen (secondary N) is 1. The van der Waals surface area contributed by atoms with Crippen LogP contribution in [0.4, 0.5) is 8.78 Å². The summed E-state index contributed by atoms with van der Waals surface area (Å²) in [6.07, 6.45) is 1.41. The van der Waals surface area contributed by atoms with E-state index in [0.717, 1.165) is 32.2 Å². The zero-order valence-electron chi connectivity index (χ0n) is 8.38. The van der Waals surface area contributed by atoms with Crippen molar-refractivity contribution in [2.75, 3.05) is 13.1 Å². The van der Waals surface area contributed by atoms with Gasteiger partial charge >= 0.3 is 0 Å². The van der Waals surface area contributed by atoms with Crippen molar-refractivity contribution >= 4 is 0 Å². The minimum atomic E-state index is -2.54. The van der Waals surface area contributed by atoms with Crippen molar-refractivity contribution in [3.05, 3.63) is 17.8 Å². The predicted octanol–water partition coefficient (Wildman–Crippen LogP) is 2.15. The van der Waals surface area contributed by atoms with Crippen LogP contribution in [0.15, 0.2) is 10.7 Å². The van der Waals surface area contributed by atoms with Crippen LogP contribution in [0.1, 0.15) is 30.9 Å². The number of rotatable bonds is 3. The fraction of sp³-hybridized carbons (Fsp3) is 0.700. The highest BCUT2D eigenvalue weighted by atomic mass is 19.3. The molecule has 1 unspecified atom stereocenters. The Bertz CT molecular complexity index is 308. The summed E-state index contributed by atoms with van der Waals surface area (Å²) in [6, 6.07) is 0. The SMILES string of the molecule is FC(F)c1coc(CC2CCCNC2)n1. The third-order valence-corrected chi connectivity index (χ3v) is 2.66. The lowest BCUT2D eigenvalue weighted by atomic mass is 9.96. The number of nitrogens with zero attached hydrogens (tertiary/aromatic N) is 1. The van der Waals surface area contributed by atoms with Crippen LogP contribution in [-0.4, -0.2) is 18.1 Å². The summed E-state index contributed by atoms with van der Waals surface area (Å²) in [7, 11) is 0. The Hall–Kier alpha value is -0.970. The molecule has 1 aromatic heterocycles. The Morgan fingerprint density at radius 3 is 3.07 bits per heavy atom. The lowest BCUT2D eigenvalue weighted by Crippen LogP contribution is -2.30. The highest BCUT2D eigenvalue weighted by Gasteiger charge is 2.18. The number of alkyl halides is 2. The first-order chi connectivity index (χ1) is 7.25. The van der Waals surface area contributed by atoms with Crippen molar-refractivity contribution in [3.63, 3.8) is 0 Å². The second-order valence-electron chi connectivity index (χ2n) is 3.88. The van der Waals surface area contributed by atoms with Crippen LogP contribution in [-0.2, 0) is 6.42 Å². The smallest absolute Gasteiger partial charge is 0.283 e. The van der Waals surface area contributed by atoms with Crippen LogP contribution in [0.2, 0.25) is 0 Å². The Morgan fingerprint density at radius 2 is 2.47 bits per heavy atom. The van der Waals surface area contributed by atoms with E-state index in [-0.39, 0.29) is 5.69 Å². The van der Waals surface area contributed by atoms with Crippen LogP contribution in [0.3, 0.4) is 0 Å². The van der Waals surface area contributed by atoms with Crippen molar-refractivity contribution in [2.24, 2.45) is 5.92 Å². The highest BCUT2D eigenvalue weighted by Crippen LogP contribution is 2.20. The molecular weight excluding hydrogens is 202 g/mol. The first-order valence-corrected chi connectivity index (χ1v) is 5.19. The molecule has 15 heavy (non-hydrogen) atoms. The summed E-state index contributed by atoms with van der Waals surface area (Å²) in [5, 5.41) is 3.27. The molecule has 1 aliphatic rings. The third kappa shape index (κ3) is 2.75. The molecule has 0 bridgehead atoms. The molecule has 1 aliphatic heterocycles. The molecule has 3 nitrogen and oxygen atoms in total. The maximum atomic E-state index is 12.2. The summed E-state index contributed by atoms with van der Waals surface area (Å²) >= 11 is 0. The summed E-state index contributed by atoms with van der Waals surface area (Å²) in [5.41, 5.74) is -0.256. The van der Waals surface area contributed by atoms with E-state index in [1.807, 2.05) is 0 Å². The zero-order chi connectivity index (χ0) is 10.7. The molecule has 1 fully saturated rings. The molecule has 0 spiro atoms. The van der Waals surface area contributed by atoms with Gasteiger partial charge < -0.3 is 9.73 Å². The standard InChI is InChI=1S/C10H14F2N2O/c11-10(12)8-6-15-9(14-8)4-7-2-1-3-13-5-7/h6-7,10,13H,1-5H2. The van der Waals surface area contributed by atoms with Crippen molar-refractivity contribution in [3.8, 4) is 0 Å². The van der Waals surface area contributed by atoms with Gasteiger partial charge in [-0.3, -0.25) is 0 Å². The van der Waals surface area contributed by atoms with E-state index in [4.69, 9.17) is 4.42 Å². The zero-order valence-corrected chi connectivity index (χ0v) is 8.38. The van der Waals surface area contributed by atoms with Gasteiger partial charge in [0.2, 0.25) is 0 Å². The van der Waals surface area contributed by atoms with Gasteiger partial charge in [0.1, 0.15) is 12.0 Å².